The van der Waals surface area contributed by atoms with Crippen LogP contribution in [0.4, 0.5) is 9.18 Å². The van der Waals surface area contributed by atoms with Crippen LogP contribution in [0, 0.1) is 5.82 Å². The van der Waals surface area contributed by atoms with Crippen molar-refractivity contribution >= 4 is 11.9 Å². The molecule has 1 N–H and O–H groups in total. The molecule has 1 aromatic carbocycles. The van der Waals surface area contributed by atoms with Crippen LogP contribution in [0.2, 0.25) is 0 Å². The number of rotatable bonds is 5. The van der Waals surface area contributed by atoms with Gasteiger partial charge >= 0.3 is 6.03 Å². The van der Waals surface area contributed by atoms with E-state index in [1.54, 1.807) is 30.1 Å². The molecule has 5 nitrogen and oxygen atoms in total. The Hall–Kier alpha value is -2.37. The third-order valence-corrected chi connectivity index (χ3v) is 4.68. The fourth-order valence-corrected chi connectivity index (χ4v) is 3.30. The maximum absolute atomic E-state index is 14.2. The molecule has 0 saturated heterocycles. The van der Waals surface area contributed by atoms with Crippen molar-refractivity contribution in [1.82, 2.24) is 15.1 Å². The molecule has 0 aliphatic carbocycles. The van der Waals surface area contributed by atoms with Gasteiger partial charge in [-0.05, 0) is 12.5 Å². The van der Waals surface area contributed by atoms with E-state index in [0.717, 1.165) is 19.3 Å². The SMILES string of the molecule is CCCCCN1CC2=C(C1=O)[C@@H](c1ccccc1F)NC(=O)N2C. The van der Waals surface area contributed by atoms with Gasteiger partial charge in [0.15, 0.2) is 0 Å². The molecule has 128 valence electrons. The van der Waals surface area contributed by atoms with E-state index in [1.165, 1.54) is 11.0 Å². The summed E-state index contributed by atoms with van der Waals surface area (Å²) in [6, 6.07) is 5.22. The molecule has 0 fully saturated rings. The molecule has 24 heavy (non-hydrogen) atoms. The van der Waals surface area contributed by atoms with Gasteiger partial charge in [-0.2, -0.15) is 0 Å². The van der Waals surface area contributed by atoms with Gasteiger partial charge in [0.2, 0.25) is 0 Å². The highest BCUT2D eigenvalue weighted by molar-refractivity contribution is 6.01. The number of amides is 3. The number of benzene rings is 1. The van der Waals surface area contributed by atoms with Gasteiger partial charge in [0.1, 0.15) is 5.82 Å². The molecule has 0 spiro atoms. The van der Waals surface area contributed by atoms with E-state index >= 15 is 0 Å². The second-order valence-electron chi connectivity index (χ2n) is 6.26. The summed E-state index contributed by atoms with van der Waals surface area (Å²) >= 11 is 0. The predicted octanol–water partition coefficient (Wildman–Crippen LogP) is 2.81. The van der Waals surface area contributed by atoms with Crippen LogP contribution in [0.25, 0.3) is 0 Å². The van der Waals surface area contributed by atoms with Crippen molar-refractivity contribution in [3.05, 3.63) is 46.9 Å². The van der Waals surface area contributed by atoms with E-state index in [9.17, 15) is 14.0 Å². The first-order valence-electron chi connectivity index (χ1n) is 8.35. The molecular formula is C18H22FN3O2. The van der Waals surface area contributed by atoms with Crippen LogP contribution in [0.3, 0.4) is 0 Å². The highest BCUT2D eigenvalue weighted by Gasteiger charge is 2.43. The van der Waals surface area contributed by atoms with Crippen molar-refractivity contribution in [2.75, 3.05) is 20.1 Å². The summed E-state index contributed by atoms with van der Waals surface area (Å²) in [6.45, 7) is 3.18. The van der Waals surface area contributed by atoms with Crippen LogP contribution in [0.1, 0.15) is 37.8 Å². The number of unbranched alkanes of at least 4 members (excludes halogenated alkanes) is 2. The number of hydrogen-bond donors (Lipinski definition) is 1. The van der Waals surface area contributed by atoms with Gasteiger partial charge in [-0.3, -0.25) is 9.69 Å². The molecule has 2 aliphatic rings. The number of carbonyl (C=O) groups excluding carboxylic acids is 2. The maximum atomic E-state index is 14.2. The minimum Gasteiger partial charge on any atom is -0.333 e. The van der Waals surface area contributed by atoms with Crippen LogP contribution in [-0.4, -0.2) is 41.9 Å². The van der Waals surface area contributed by atoms with E-state index in [1.807, 2.05) is 0 Å². The van der Waals surface area contributed by atoms with E-state index in [0.29, 0.717) is 29.9 Å². The first-order chi connectivity index (χ1) is 11.5. The summed E-state index contributed by atoms with van der Waals surface area (Å²) in [4.78, 5) is 28.3. The third kappa shape index (κ3) is 2.77. The van der Waals surface area contributed by atoms with Gasteiger partial charge < -0.3 is 10.2 Å². The van der Waals surface area contributed by atoms with Gasteiger partial charge in [0, 0.05) is 19.2 Å². The molecule has 0 saturated carbocycles. The predicted molar refractivity (Wildman–Crippen MR) is 88.6 cm³/mol. The second kappa shape index (κ2) is 6.63. The van der Waals surface area contributed by atoms with Crippen LogP contribution in [0.5, 0.6) is 0 Å². The summed E-state index contributed by atoms with van der Waals surface area (Å²) in [5.74, 6) is -0.530. The molecular weight excluding hydrogens is 309 g/mol. The summed E-state index contributed by atoms with van der Waals surface area (Å²) in [5, 5.41) is 2.75. The Kier molecular flexibility index (Phi) is 4.55. The maximum Gasteiger partial charge on any atom is 0.322 e. The Morgan fingerprint density at radius 3 is 2.71 bits per heavy atom. The number of hydrogen-bond acceptors (Lipinski definition) is 2. The average molecular weight is 331 g/mol. The third-order valence-electron chi connectivity index (χ3n) is 4.68. The number of likely N-dealkylation sites (N-methyl/N-ethyl adjacent to an activating group) is 1. The fraction of sp³-hybridized carbons (Fsp3) is 0.444. The lowest BCUT2D eigenvalue weighted by atomic mass is 9.95. The van der Waals surface area contributed by atoms with Gasteiger partial charge in [0.25, 0.3) is 5.91 Å². The lowest BCUT2D eigenvalue weighted by Gasteiger charge is -2.31. The van der Waals surface area contributed by atoms with E-state index in [-0.39, 0.29) is 11.9 Å². The Morgan fingerprint density at radius 2 is 2.00 bits per heavy atom. The molecule has 0 aromatic heterocycles. The number of halogens is 1. The quantitative estimate of drug-likeness (QED) is 0.844. The molecule has 2 aliphatic heterocycles. The van der Waals surface area contributed by atoms with Gasteiger partial charge in [-0.25, -0.2) is 9.18 Å². The summed E-state index contributed by atoms with van der Waals surface area (Å²) in [6.07, 6.45) is 3.06. The largest absolute Gasteiger partial charge is 0.333 e. The lowest BCUT2D eigenvalue weighted by Crippen LogP contribution is -2.45. The zero-order valence-corrected chi connectivity index (χ0v) is 14.0. The van der Waals surface area contributed by atoms with Crippen molar-refractivity contribution in [2.24, 2.45) is 0 Å². The summed E-state index contributed by atoms with van der Waals surface area (Å²) in [5.41, 5.74) is 1.49. The first kappa shape index (κ1) is 16.5. The number of nitrogens with one attached hydrogen (secondary N) is 1. The number of carbonyl (C=O) groups is 2. The molecule has 1 aromatic rings. The normalized spacial score (nSPS) is 20.5. The van der Waals surface area contributed by atoms with Gasteiger partial charge in [0.05, 0.1) is 23.9 Å². The topological polar surface area (TPSA) is 52.7 Å². The Bertz CT molecular complexity index is 701. The molecule has 1 atom stereocenters. The first-order valence-corrected chi connectivity index (χ1v) is 8.35. The minimum absolute atomic E-state index is 0.110. The highest BCUT2D eigenvalue weighted by Crippen LogP contribution is 2.36. The van der Waals surface area contributed by atoms with Crippen LogP contribution in [-0.2, 0) is 4.79 Å². The van der Waals surface area contributed by atoms with Crippen molar-refractivity contribution in [1.29, 1.82) is 0 Å². The number of urea groups is 1. The fourth-order valence-electron chi connectivity index (χ4n) is 3.30. The highest BCUT2D eigenvalue weighted by atomic mass is 19.1. The Morgan fingerprint density at radius 1 is 1.25 bits per heavy atom. The van der Waals surface area contributed by atoms with Crippen LogP contribution >= 0.6 is 0 Å². The van der Waals surface area contributed by atoms with Crippen LogP contribution in [0.15, 0.2) is 35.5 Å². The van der Waals surface area contributed by atoms with E-state index < -0.39 is 11.9 Å². The Balaban J connectivity index is 1.93. The summed E-state index contributed by atoms with van der Waals surface area (Å²) in [7, 11) is 1.64. The lowest BCUT2D eigenvalue weighted by molar-refractivity contribution is -0.125. The second-order valence-corrected chi connectivity index (χ2v) is 6.26. The molecule has 2 heterocycles. The molecule has 3 rings (SSSR count). The molecule has 0 unspecified atom stereocenters. The standard InChI is InChI=1S/C18H22FN3O2/c1-3-4-7-10-22-11-14-15(17(22)23)16(20-18(24)21(14)2)12-8-5-6-9-13(12)19/h5-6,8-9,16H,3-4,7,10-11H2,1-2H3,(H,20,24)/t16-/m1/s1. The molecule has 6 heteroatoms. The van der Waals surface area contributed by atoms with Crippen molar-refractivity contribution in [3.8, 4) is 0 Å². The minimum atomic E-state index is -0.728. The number of nitrogens with zero attached hydrogens (tertiary/aromatic N) is 2. The van der Waals surface area contributed by atoms with Crippen molar-refractivity contribution in [3.63, 3.8) is 0 Å². The Labute approximate surface area is 141 Å². The average Bonchev–Trinajstić information content (AvgIpc) is 2.89. The summed E-state index contributed by atoms with van der Waals surface area (Å²) < 4.78 is 14.2. The van der Waals surface area contributed by atoms with Crippen molar-refractivity contribution < 1.29 is 14.0 Å². The molecule has 3 amide bonds. The van der Waals surface area contributed by atoms with Crippen molar-refractivity contribution in [2.45, 2.75) is 32.2 Å². The molecule has 0 radical (unpaired) electrons. The molecule has 0 bridgehead atoms. The van der Waals surface area contributed by atoms with E-state index in [4.69, 9.17) is 0 Å². The van der Waals surface area contributed by atoms with Gasteiger partial charge in [-0.1, -0.05) is 38.0 Å². The zero-order valence-electron chi connectivity index (χ0n) is 14.0. The smallest absolute Gasteiger partial charge is 0.322 e. The van der Waals surface area contributed by atoms with Gasteiger partial charge in [-0.15, -0.1) is 0 Å². The van der Waals surface area contributed by atoms with E-state index in [2.05, 4.69) is 12.2 Å². The monoisotopic (exact) mass is 331 g/mol. The zero-order chi connectivity index (χ0) is 17.3. The van der Waals surface area contributed by atoms with Crippen LogP contribution < -0.4 is 5.32 Å².